The third kappa shape index (κ3) is 5.49. The van der Waals surface area contributed by atoms with E-state index in [1.54, 1.807) is 0 Å². The summed E-state index contributed by atoms with van der Waals surface area (Å²) >= 11 is 0. The number of esters is 1. The number of nitrogens with one attached hydrogen (secondary N) is 1. The van der Waals surface area contributed by atoms with Gasteiger partial charge in [-0.3, -0.25) is 0 Å². The van der Waals surface area contributed by atoms with Crippen molar-refractivity contribution in [2.75, 3.05) is 26.2 Å². The fraction of sp³-hybridized carbons (Fsp3) is 0.306. The van der Waals surface area contributed by atoms with Gasteiger partial charge in [-0.25, -0.2) is 9.42 Å². The Morgan fingerprint density at radius 2 is 1.65 bits per heavy atom. The molecule has 7 rings (SSSR count). The first-order valence-electron chi connectivity index (χ1n) is 15.7. The van der Waals surface area contributed by atoms with E-state index in [1.807, 2.05) is 32.0 Å². The third-order valence-corrected chi connectivity index (χ3v) is 9.41. The van der Waals surface area contributed by atoms with E-state index in [2.05, 4.69) is 91.4 Å². The first-order chi connectivity index (χ1) is 22.5. The number of ether oxygens (including phenoxy) is 1. The highest BCUT2D eigenvalue weighted by atomic mass is 16.6. The van der Waals surface area contributed by atoms with Crippen LogP contribution in [0.15, 0.2) is 111 Å². The number of allylic oxidation sites excluding steroid dienone is 3. The van der Waals surface area contributed by atoms with Crippen molar-refractivity contribution in [2.45, 2.75) is 44.4 Å². The zero-order valence-corrected chi connectivity index (χ0v) is 26.0. The molecule has 1 fully saturated rings. The van der Waals surface area contributed by atoms with Crippen molar-refractivity contribution in [1.82, 2.24) is 30.7 Å². The lowest BCUT2D eigenvalue weighted by atomic mass is 9.68. The van der Waals surface area contributed by atoms with Gasteiger partial charge in [0.15, 0.2) is 0 Å². The maximum absolute atomic E-state index is 13.9. The van der Waals surface area contributed by atoms with E-state index in [4.69, 9.17) is 13.8 Å². The van der Waals surface area contributed by atoms with Crippen molar-refractivity contribution >= 4 is 22.6 Å². The summed E-state index contributed by atoms with van der Waals surface area (Å²) in [6.07, 6.45) is 4.08. The molecule has 46 heavy (non-hydrogen) atoms. The van der Waals surface area contributed by atoms with Gasteiger partial charge in [0, 0.05) is 28.9 Å². The van der Waals surface area contributed by atoms with Crippen LogP contribution in [0.2, 0.25) is 0 Å². The molecule has 2 aliphatic heterocycles. The molecule has 10 nitrogen and oxygen atoms in total. The van der Waals surface area contributed by atoms with E-state index in [-0.39, 0.29) is 5.41 Å². The minimum absolute atomic E-state index is 0.00241. The molecule has 3 aromatic carbocycles. The molecular formula is C36H36N6O4. The molecular weight excluding hydrogens is 580 g/mol. The summed E-state index contributed by atoms with van der Waals surface area (Å²) in [5.41, 5.74) is 7.27. The molecule has 0 amide bonds. The number of nitrogens with zero attached hydrogens (tertiary/aromatic N) is 5. The van der Waals surface area contributed by atoms with Gasteiger partial charge in [0.05, 0.1) is 18.1 Å². The summed E-state index contributed by atoms with van der Waals surface area (Å²) in [7, 11) is 0. The largest absolute Gasteiger partial charge is 0.462 e. The summed E-state index contributed by atoms with van der Waals surface area (Å²) in [4.78, 5) is 16.3. The standard InChI is InChI=1S/C36H36N6O4/c1-24-30(34-39-37-23-45-34)32(28-15-9-16-29-33(28)41-46-40-29)31(25(2)38-24)35(43)44-22-10-19-42-20-17-36(18-21-42,26-11-5-3-6-12-26)27-13-7-4-8-14-27/h3-9,11-16,23,32,38H,10,17-22H2,1-2H3. The van der Waals surface area contributed by atoms with Crippen LogP contribution in [-0.4, -0.2) is 57.6 Å². The van der Waals surface area contributed by atoms with Gasteiger partial charge in [0.1, 0.15) is 11.0 Å². The maximum atomic E-state index is 13.9. The van der Waals surface area contributed by atoms with Crippen LogP contribution in [-0.2, 0) is 14.9 Å². The minimum atomic E-state index is -0.573. The van der Waals surface area contributed by atoms with Crippen LogP contribution < -0.4 is 5.32 Å². The van der Waals surface area contributed by atoms with Crippen LogP contribution in [0.25, 0.3) is 16.6 Å². The summed E-state index contributed by atoms with van der Waals surface area (Å²) in [6.45, 7) is 6.89. The Hall–Kier alpha value is -5.09. The smallest absolute Gasteiger partial charge is 0.336 e. The number of carbonyl (C=O) groups is 1. The highest BCUT2D eigenvalue weighted by Crippen LogP contribution is 2.45. The summed E-state index contributed by atoms with van der Waals surface area (Å²) in [6, 6.07) is 27.3. The molecule has 10 heteroatoms. The Bertz CT molecular complexity index is 1830. The Morgan fingerprint density at radius 1 is 0.935 bits per heavy atom. The van der Waals surface area contributed by atoms with Crippen LogP contribution >= 0.6 is 0 Å². The number of fused-ring (bicyclic) bond motifs is 1. The van der Waals surface area contributed by atoms with E-state index >= 15 is 0 Å². The van der Waals surface area contributed by atoms with Crippen LogP contribution in [0.5, 0.6) is 0 Å². The topological polar surface area (TPSA) is 119 Å². The Morgan fingerprint density at radius 3 is 2.33 bits per heavy atom. The average molecular weight is 617 g/mol. The van der Waals surface area contributed by atoms with Crippen molar-refractivity contribution in [3.63, 3.8) is 0 Å². The lowest BCUT2D eigenvalue weighted by Crippen LogP contribution is -2.43. The second-order valence-corrected chi connectivity index (χ2v) is 12.0. The minimum Gasteiger partial charge on any atom is -0.462 e. The maximum Gasteiger partial charge on any atom is 0.336 e. The summed E-state index contributed by atoms with van der Waals surface area (Å²) < 4.78 is 16.6. The van der Waals surface area contributed by atoms with Crippen LogP contribution in [0, 0.1) is 0 Å². The number of likely N-dealkylation sites (tertiary alicyclic amines) is 1. The van der Waals surface area contributed by atoms with Gasteiger partial charge in [-0.15, -0.1) is 10.2 Å². The molecule has 0 spiro atoms. The van der Waals surface area contributed by atoms with Crippen molar-refractivity contribution in [1.29, 1.82) is 0 Å². The number of carbonyl (C=O) groups excluding carboxylic acids is 1. The molecule has 0 radical (unpaired) electrons. The monoisotopic (exact) mass is 616 g/mol. The lowest BCUT2D eigenvalue weighted by Gasteiger charge is -2.43. The zero-order chi connectivity index (χ0) is 31.5. The molecule has 1 N–H and O–H groups in total. The molecule has 1 atom stereocenters. The summed E-state index contributed by atoms with van der Waals surface area (Å²) in [5.74, 6) is -0.664. The fourth-order valence-electron chi connectivity index (χ4n) is 7.16. The molecule has 5 aromatic rings. The molecule has 0 aliphatic carbocycles. The first kappa shape index (κ1) is 29.6. The number of benzene rings is 3. The number of rotatable bonds is 9. The van der Waals surface area contributed by atoms with Gasteiger partial charge in [0.25, 0.3) is 0 Å². The number of dihydropyridines is 1. The van der Waals surface area contributed by atoms with Gasteiger partial charge in [-0.2, -0.15) is 0 Å². The second-order valence-electron chi connectivity index (χ2n) is 12.0. The lowest BCUT2D eigenvalue weighted by molar-refractivity contribution is -0.139. The van der Waals surface area contributed by atoms with Crippen molar-refractivity contribution in [3.05, 3.63) is 125 Å². The van der Waals surface area contributed by atoms with E-state index in [0.29, 0.717) is 40.4 Å². The van der Waals surface area contributed by atoms with Gasteiger partial charge in [-0.1, -0.05) is 72.8 Å². The van der Waals surface area contributed by atoms with Gasteiger partial charge in [-0.05, 0) is 79.3 Å². The van der Waals surface area contributed by atoms with Crippen molar-refractivity contribution < 1.29 is 18.6 Å². The number of aromatic nitrogens is 4. The van der Waals surface area contributed by atoms with Gasteiger partial charge in [0.2, 0.25) is 12.3 Å². The highest BCUT2D eigenvalue weighted by Gasteiger charge is 2.39. The molecule has 1 unspecified atom stereocenters. The zero-order valence-electron chi connectivity index (χ0n) is 26.0. The van der Waals surface area contributed by atoms with E-state index in [0.717, 1.165) is 50.2 Å². The number of hydrogen-bond donors (Lipinski definition) is 1. The molecule has 0 saturated carbocycles. The molecule has 0 bridgehead atoms. The van der Waals surface area contributed by atoms with E-state index in [1.165, 1.54) is 17.5 Å². The average Bonchev–Trinajstić information content (AvgIpc) is 3.80. The Labute approximate surface area is 267 Å². The van der Waals surface area contributed by atoms with Crippen LogP contribution in [0.4, 0.5) is 0 Å². The van der Waals surface area contributed by atoms with Crippen LogP contribution in [0.1, 0.15) is 61.6 Å². The molecule has 1 saturated heterocycles. The molecule has 2 aliphatic rings. The fourth-order valence-corrected chi connectivity index (χ4v) is 7.16. The Balaban J connectivity index is 1.04. The molecule has 234 valence electrons. The predicted octanol–water partition coefficient (Wildman–Crippen LogP) is 6.01. The van der Waals surface area contributed by atoms with Crippen molar-refractivity contribution in [2.24, 2.45) is 0 Å². The van der Waals surface area contributed by atoms with Gasteiger partial charge < -0.3 is 19.4 Å². The molecule has 2 aromatic heterocycles. The van der Waals surface area contributed by atoms with Crippen LogP contribution in [0.3, 0.4) is 0 Å². The quantitative estimate of drug-likeness (QED) is 0.156. The normalized spacial score (nSPS) is 18.5. The van der Waals surface area contributed by atoms with E-state index in [9.17, 15) is 4.79 Å². The van der Waals surface area contributed by atoms with E-state index < -0.39 is 11.9 Å². The summed E-state index contributed by atoms with van der Waals surface area (Å²) in [5, 5.41) is 19.6. The number of hydrogen-bond acceptors (Lipinski definition) is 10. The number of piperidine rings is 1. The van der Waals surface area contributed by atoms with Crippen molar-refractivity contribution in [3.8, 4) is 0 Å². The second kappa shape index (κ2) is 12.7. The highest BCUT2D eigenvalue weighted by molar-refractivity contribution is 5.98. The predicted molar refractivity (Wildman–Crippen MR) is 172 cm³/mol. The molecule has 4 heterocycles. The SMILES string of the molecule is CC1=C(C(=O)OCCCN2CCC(c3ccccc3)(c3ccccc3)CC2)C(c2cccc3nonc23)C(c2nnco2)=C(C)N1. The Kier molecular flexibility index (Phi) is 8.19. The third-order valence-electron chi connectivity index (χ3n) is 9.41. The first-order valence-corrected chi connectivity index (χ1v) is 15.7. The van der Waals surface area contributed by atoms with Gasteiger partial charge >= 0.3 is 5.97 Å².